The van der Waals surface area contributed by atoms with E-state index in [1.54, 1.807) is 6.26 Å². The molecule has 0 amide bonds. The van der Waals surface area contributed by atoms with Gasteiger partial charge in [-0.25, -0.2) is 9.59 Å². The van der Waals surface area contributed by atoms with E-state index in [2.05, 4.69) is 15.9 Å². The minimum Gasteiger partial charge on any atom is -0.475 e. The van der Waals surface area contributed by atoms with Crippen LogP contribution in [0.25, 0.3) is 0 Å². The molecule has 3 fully saturated rings. The predicted molar refractivity (Wildman–Crippen MR) is 104 cm³/mol. The molecule has 1 aromatic heterocycles. The second-order valence-corrected chi connectivity index (χ2v) is 8.26. The first-order chi connectivity index (χ1) is 15.8. The Morgan fingerprint density at radius 3 is 2.09 bits per heavy atom. The number of furan rings is 1. The molecule has 194 valence electrons. The van der Waals surface area contributed by atoms with Crippen LogP contribution >= 0.6 is 0 Å². The van der Waals surface area contributed by atoms with Crippen molar-refractivity contribution in [3.8, 4) is 0 Å². The molecule has 2 N–H and O–H groups in total. The number of carbonyl (C=O) groups is 2. The zero-order valence-electron chi connectivity index (χ0n) is 18.0. The average molecular weight is 504 g/mol. The minimum absolute atomic E-state index is 0.481. The summed E-state index contributed by atoms with van der Waals surface area (Å²) in [4.78, 5) is 23.0. The van der Waals surface area contributed by atoms with Gasteiger partial charge in [0.05, 0.1) is 18.6 Å². The second-order valence-electron chi connectivity index (χ2n) is 8.26. The van der Waals surface area contributed by atoms with Crippen molar-refractivity contribution in [3.05, 3.63) is 24.2 Å². The predicted octanol–water partition coefficient (Wildman–Crippen LogP) is 3.23. The Labute approximate surface area is 191 Å². The monoisotopic (exact) mass is 504 g/mol. The molecule has 0 spiro atoms. The zero-order chi connectivity index (χ0) is 25.5. The van der Waals surface area contributed by atoms with Gasteiger partial charge in [-0.15, -0.1) is 0 Å². The van der Waals surface area contributed by atoms with Crippen molar-refractivity contribution in [2.45, 2.75) is 50.3 Å². The first-order valence-corrected chi connectivity index (χ1v) is 10.4. The molecule has 4 rings (SSSR count). The van der Waals surface area contributed by atoms with E-state index in [4.69, 9.17) is 29.0 Å². The Morgan fingerprint density at radius 1 is 1.03 bits per heavy atom. The summed E-state index contributed by atoms with van der Waals surface area (Å²) < 4.78 is 74.7. The maximum Gasteiger partial charge on any atom is 0.490 e. The highest BCUT2D eigenvalue weighted by Gasteiger charge is 2.39. The summed E-state index contributed by atoms with van der Waals surface area (Å²) in [7, 11) is 0. The van der Waals surface area contributed by atoms with Crippen LogP contribution in [-0.4, -0.2) is 89.2 Å². The molecule has 2 aliphatic heterocycles. The third-order valence-corrected chi connectivity index (χ3v) is 5.40. The van der Waals surface area contributed by atoms with Crippen LogP contribution in [0, 0.1) is 5.92 Å². The topological polar surface area (TPSA) is 103 Å². The first-order valence-electron chi connectivity index (χ1n) is 10.4. The standard InChI is InChI=1S/C16H24N2O2.2C2HF3O2/c1-2-13(1)12-20-16-7-15-9-17(4-5-18(15)10-16)8-14-3-6-19-11-14;2*3-2(4,5)1(6)7/h3,6,11,13,15-16H,1-2,4-5,7-10,12H2;2*(H,6,7). The number of carboxylic acid groups (broad SMARTS) is 2. The fraction of sp³-hybridized carbons (Fsp3) is 0.700. The second kappa shape index (κ2) is 11.9. The lowest BCUT2D eigenvalue weighted by atomic mass is 10.1. The summed E-state index contributed by atoms with van der Waals surface area (Å²) in [6.45, 7) is 6.70. The van der Waals surface area contributed by atoms with Crippen molar-refractivity contribution in [1.82, 2.24) is 9.80 Å². The van der Waals surface area contributed by atoms with E-state index >= 15 is 0 Å². The van der Waals surface area contributed by atoms with E-state index in [1.165, 1.54) is 37.9 Å². The smallest absolute Gasteiger partial charge is 0.475 e. The Kier molecular flexibility index (Phi) is 9.76. The van der Waals surface area contributed by atoms with Crippen molar-refractivity contribution < 1.29 is 55.3 Å². The van der Waals surface area contributed by atoms with E-state index in [-0.39, 0.29) is 0 Å². The van der Waals surface area contributed by atoms with Gasteiger partial charge < -0.3 is 19.4 Å². The third kappa shape index (κ3) is 9.89. The van der Waals surface area contributed by atoms with Gasteiger partial charge in [-0.05, 0) is 31.2 Å². The largest absolute Gasteiger partial charge is 0.490 e. The SMILES string of the molecule is O=C(O)C(F)(F)F.O=C(O)C(F)(F)F.c1cc(CN2CCN3CC(OCC4CC4)CC3C2)co1. The number of aliphatic carboxylic acids is 2. The van der Waals surface area contributed by atoms with Gasteiger partial charge in [0.2, 0.25) is 0 Å². The third-order valence-electron chi connectivity index (χ3n) is 5.40. The van der Waals surface area contributed by atoms with E-state index < -0.39 is 24.3 Å². The summed E-state index contributed by atoms with van der Waals surface area (Å²) in [5.41, 5.74) is 1.29. The van der Waals surface area contributed by atoms with Crippen LogP contribution in [0.2, 0.25) is 0 Å². The molecular formula is C20H26F6N2O6. The molecule has 2 atom stereocenters. The van der Waals surface area contributed by atoms with Crippen LogP contribution in [0.3, 0.4) is 0 Å². The highest BCUT2D eigenvalue weighted by atomic mass is 19.4. The summed E-state index contributed by atoms with van der Waals surface area (Å²) in [6, 6.07) is 2.77. The molecule has 3 heterocycles. The lowest BCUT2D eigenvalue weighted by Gasteiger charge is -2.37. The molecule has 8 nitrogen and oxygen atoms in total. The first kappa shape index (κ1) is 27.9. The maximum absolute atomic E-state index is 10.6. The number of hydrogen-bond donors (Lipinski definition) is 2. The zero-order valence-corrected chi connectivity index (χ0v) is 18.0. The number of carboxylic acids is 2. The summed E-state index contributed by atoms with van der Waals surface area (Å²) in [5.74, 6) is -4.63. The van der Waals surface area contributed by atoms with Crippen LogP contribution in [0.15, 0.2) is 23.0 Å². The van der Waals surface area contributed by atoms with E-state index in [1.807, 2.05) is 6.26 Å². The fourth-order valence-corrected chi connectivity index (χ4v) is 3.52. The molecule has 14 heteroatoms. The number of ether oxygens (including phenoxy) is 1. The summed E-state index contributed by atoms with van der Waals surface area (Å²) >= 11 is 0. The molecule has 34 heavy (non-hydrogen) atoms. The molecule has 0 bridgehead atoms. The highest BCUT2D eigenvalue weighted by molar-refractivity contribution is 5.73. The van der Waals surface area contributed by atoms with Crippen molar-refractivity contribution in [2.75, 3.05) is 32.8 Å². The van der Waals surface area contributed by atoms with Crippen molar-refractivity contribution in [1.29, 1.82) is 0 Å². The Morgan fingerprint density at radius 2 is 1.62 bits per heavy atom. The number of alkyl halides is 6. The van der Waals surface area contributed by atoms with Crippen LogP contribution in [0.4, 0.5) is 26.3 Å². The van der Waals surface area contributed by atoms with Crippen molar-refractivity contribution >= 4 is 11.9 Å². The normalized spacial score (nSPS) is 23.2. The molecular weight excluding hydrogens is 478 g/mol. The van der Waals surface area contributed by atoms with Gasteiger partial charge in [0, 0.05) is 50.9 Å². The highest BCUT2D eigenvalue weighted by Crippen LogP contribution is 2.31. The van der Waals surface area contributed by atoms with Gasteiger partial charge in [0.25, 0.3) is 0 Å². The van der Waals surface area contributed by atoms with Gasteiger partial charge in [-0.1, -0.05) is 0 Å². The lowest BCUT2D eigenvalue weighted by Crippen LogP contribution is -2.49. The molecule has 2 unspecified atom stereocenters. The molecule has 3 aliphatic rings. The van der Waals surface area contributed by atoms with E-state index in [0.29, 0.717) is 12.1 Å². The lowest BCUT2D eigenvalue weighted by molar-refractivity contribution is -0.193. The number of piperazine rings is 1. The fourth-order valence-electron chi connectivity index (χ4n) is 3.52. The Bertz CT molecular complexity index is 758. The summed E-state index contributed by atoms with van der Waals surface area (Å²) in [6.07, 6.45) is -2.06. The van der Waals surface area contributed by atoms with E-state index in [9.17, 15) is 26.3 Å². The Balaban J connectivity index is 0.000000244. The van der Waals surface area contributed by atoms with Gasteiger partial charge in [-0.3, -0.25) is 9.80 Å². The van der Waals surface area contributed by atoms with Gasteiger partial charge >= 0.3 is 24.3 Å². The average Bonchev–Trinajstić information content (AvgIpc) is 3.24. The van der Waals surface area contributed by atoms with Crippen LogP contribution in [-0.2, 0) is 20.9 Å². The van der Waals surface area contributed by atoms with Crippen molar-refractivity contribution in [3.63, 3.8) is 0 Å². The molecule has 0 aromatic carbocycles. The van der Waals surface area contributed by atoms with Crippen LogP contribution < -0.4 is 0 Å². The molecule has 0 radical (unpaired) electrons. The van der Waals surface area contributed by atoms with Gasteiger partial charge in [-0.2, -0.15) is 26.3 Å². The molecule has 1 aliphatic carbocycles. The number of rotatable bonds is 5. The maximum atomic E-state index is 10.6. The number of nitrogens with zero attached hydrogens (tertiary/aromatic N) is 2. The van der Waals surface area contributed by atoms with Gasteiger partial charge in [0.15, 0.2) is 0 Å². The quantitative estimate of drug-likeness (QED) is 0.590. The van der Waals surface area contributed by atoms with Gasteiger partial charge in [0.1, 0.15) is 0 Å². The van der Waals surface area contributed by atoms with Crippen molar-refractivity contribution in [2.24, 2.45) is 5.92 Å². The number of fused-ring (bicyclic) bond motifs is 1. The minimum atomic E-state index is -5.08. The molecule has 2 saturated heterocycles. The number of hydrogen-bond acceptors (Lipinski definition) is 6. The van der Waals surface area contributed by atoms with Crippen LogP contribution in [0.5, 0.6) is 0 Å². The number of halogens is 6. The summed E-state index contributed by atoms with van der Waals surface area (Å²) in [5, 5.41) is 14.2. The Hall–Kier alpha value is -2.32. The molecule has 1 aromatic rings. The van der Waals surface area contributed by atoms with E-state index in [0.717, 1.165) is 32.2 Å². The van der Waals surface area contributed by atoms with Crippen LogP contribution in [0.1, 0.15) is 24.8 Å². The molecule has 1 saturated carbocycles.